The molecule has 0 fully saturated rings. The number of rotatable bonds is 3. The molecule has 0 aliphatic rings. The summed E-state index contributed by atoms with van der Waals surface area (Å²) in [6, 6.07) is 11.1. The van der Waals surface area contributed by atoms with E-state index in [2.05, 4.69) is 15.6 Å². The van der Waals surface area contributed by atoms with Gasteiger partial charge in [-0.25, -0.2) is 4.39 Å². The Balaban J connectivity index is 1.90. The van der Waals surface area contributed by atoms with Crippen molar-refractivity contribution in [2.45, 2.75) is 13.8 Å². The molecule has 24 heavy (non-hydrogen) atoms. The largest absolute Gasteiger partial charge is 0.358 e. The van der Waals surface area contributed by atoms with Crippen LogP contribution in [0.2, 0.25) is 0 Å². The highest BCUT2D eigenvalue weighted by Crippen LogP contribution is 2.24. The lowest BCUT2D eigenvalue weighted by molar-refractivity contribution is -0.114. The van der Waals surface area contributed by atoms with Crippen LogP contribution in [-0.2, 0) is 4.79 Å². The maximum absolute atomic E-state index is 13.3. The molecule has 6 heteroatoms. The maximum atomic E-state index is 13.3. The number of carbonyl (C=O) groups is 2. The molecule has 122 valence electrons. The molecule has 0 atom stereocenters. The fourth-order valence-corrected chi connectivity index (χ4v) is 2.67. The fourth-order valence-electron chi connectivity index (χ4n) is 2.67. The van der Waals surface area contributed by atoms with Crippen LogP contribution in [-0.4, -0.2) is 16.8 Å². The smallest absolute Gasteiger partial charge is 0.258 e. The predicted octanol–water partition coefficient (Wildman–Crippen LogP) is 3.83. The maximum Gasteiger partial charge on any atom is 0.258 e. The number of aryl methyl sites for hydroxylation is 1. The summed E-state index contributed by atoms with van der Waals surface area (Å²) in [5.74, 6) is -0.850. The summed E-state index contributed by atoms with van der Waals surface area (Å²) in [5, 5.41) is 6.12. The van der Waals surface area contributed by atoms with E-state index in [-0.39, 0.29) is 17.6 Å². The van der Waals surface area contributed by atoms with Gasteiger partial charge in [0.15, 0.2) is 0 Å². The second-order valence-corrected chi connectivity index (χ2v) is 5.53. The molecule has 0 bridgehead atoms. The van der Waals surface area contributed by atoms with Crippen molar-refractivity contribution < 1.29 is 14.0 Å². The Labute approximate surface area is 137 Å². The van der Waals surface area contributed by atoms with E-state index in [1.54, 1.807) is 37.3 Å². The van der Waals surface area contributed by atoms with Crippen molar-refractivity contribution in [1.82, 2.24) is 4.98 Å². The third-order valence-corrected chi connectivity index (χ3v) is 3.62. The van der Waals surface area contributed by atoms with Crippen molar-refractivity contribution in [3.63, 3.8) is 0 Å². The third kappa shape index (κ3) is 3.12. The highest BCUT2D eigenvalue weighted by Gasteiger charge is 2.16. The number of aromatic amines is 1. The average Bonchev–Trinajstić information content (AvgIpc) is 2.81. The van der Waals surface area contributed by atoms with Gasteiger partial charge in [0, 0.05) is 34.9 Å². The number of hydrogen-bond donors (Lipinski definition) is 3. The number of fused-ring (bicyclic) bond motifs is 1. The van der Waals surface area contributed by atoms with E-state index in [1.165, 1.54) is 19.1 Å². The Morgan fingerprint density at radius 2 is 1.75 bits per heavy atom. The Bertz CT molecular complexity index is 947. The van der Waals surface area contributed by atoms with Crippen molar-refractivity contribution >= 4 is 34.1 Å². The van der Waals surface area contributed by atoms with E-state index in [9.17, 15) is 14.0 Å². The van der Waals surface area contributed by atoms with Crippen molar-refractivity contribution in [2.24, 2.45) is 0 Å². The molecule has 0 spiro atoms. The zero-order valence-electron chi connectivity index (χ0n) is 13.2. The third-order valence-electron chi connectivity index (χ3n) is 3.62. The Hall–Kier alpha value is -3.15. The van der Waals surface area contributed by atoms with Crippen LogP contribution in [0.15, 0.2) is 42.5 Å². The Morgan fingerprint density at radius 3 is 2.46 bits per heavy atom. The van der Waals surface area contributed by atoms with Gasteiger partial charge >= 0.3 is 0 Å². The second kappa shape index (κ2) is 6.16. The summed E-state index contributed by atoms with van der Waals surface area (Å²) in [4.78, 5) is 26.7. The molecule has 2 aromatic carbocycles. The van der Waals surface area contributed by atoms with Gasteiger partial charge in [-0.05, 0) is 43.3 Å². The lowest BCUT2D eigenvalue weighted by Gasteiger charge is -2.08. The molecule has 0 aliphatic heterocycles. The number of H-pyrrole nitrogens is 1. The number of halogens is 1. The molecule has 0 unspecified atom stereocenters. The summed E-state index contributed by atoms with van der Waals surface area (Å²) >= 11 is 0. The van der Waals surface area contributed by atoms with Crippen molar-refractivity contribution in [3.8, 4) is 0 Å². The summed E-state index contributed by atoms with van der Waals surface area (Å²) in [7, 11) is 0. The SMILES string of the molecule is CC(=O)Nc1cccc(NC(=O)c2c(C)[nH]c3cc(F)ccc23)c1. The first-order valence-corrected chi connectivity index (χ1v) is 7.41. The second-order valence-electron chi connectivity index (χ2n) is 5.53. The van der Waals surface area contributed by atoms with Crippen molar-refractivity contribution in [2.75, 3.05) is 10.6 Å². The fraction of sp³-hybridized carbons (Fsp3) is 0.111. The van der Waals surface area contributed by atoms with Crippen LogP contribution in [0.1, 0.15) is 23.0 Å². The molecule has 5 nitrogen and oxygen atoms in total. The minimum absolute atomic E-state index is 0.187. The Morgan fingerprint density at radius 1 is 1.04 bits per heavy atom. The standard InChI is InChI=1S/C18H16FN3O2/c1-10-17(15-7-6-12(19)8-16(15)20-10)18(24)22-14-5-3-4-13(9-14)21-11(2)23/h3-9,20H,1-2H3,(H,21,23)(H,22,24). The summed E-state index contributed by atoms with van der Waals surface area (Å²) < 4.78 is 13.3. The molecule has 3 rings (SSSR count). The molecule has 3 aromatic rings. The van der Waals surface area contributed by atoms with E-state index in [1.807, 2.05) is 0 Å². The zero-order valence-corrected chi connectivity index (χ0v) is 13.2. The first-order chi connectivity index (χ1) is 11.4. The van der Waals surface area contributed by atoms with Crippen molar-refractivity contribution in [3.05, 3.63) is 59.5 Å². The van der Waals surface area contributed by atoms with E-state index >= 15 is 0 Å². The van der Waals surface area contributed by atoms with Gasteiger partial charge in [0.05, 0.1) is 5.56 Å². The highest BCUT2D eigenvalue weighted by molar-refractivity contribution is 6.14. The first-order valence-electron chi connectivity index (χ1n) is 7.41. The first kappa shape index (κ1) is 15.7. The Kier molecular flexibility index (Phi) is 4.04. The number of hydrogen-bond acceptors (Lipinski definition) is 2. The normalized spacial score (nSPS) is 10.6. The number of amides is 2. The molecule has 3 N–H and O–H groups in total. The van der Waals surface area contributed by atoms with Crippen LogP contribution < -0.4 is 10.6 Å². The van der Waals surface area contributed by atoms with Crippen LogP contribution in [0.3, 0.4) is 0 Å². The number of carbonyl (C=O) groups excluding carboxylic acids is 2. The van der Waals surface area contributed by atoms with E-state index < -0.39 is 0 Å². The van der Waals surface area contributed by atoms with Gasteiger partial charge in [-0.2, -0.15) is 0 Å². The average molecular weight is 325 g/mol. The van der Waals surface area contributed by atoms with Crippen LogP contribution in [0.25, 0.3) is 10.9 Å². The van der Waals surface area contributed by atoms with Crippen molar-refractivity contribution in [1.29, 1.82) is 0 Å². The minimum atomic E-state index is -0.362. The number of nitrogens with one attached hydrogen (secondary N) is 3. The van der Waals surface area contributed by atoms with Crippen LogP contribution in [0.4, 0.5) is 15.8 Å². The molecular weight excluding hydrogens is 309 g/mol. The summed E-state index contributed by atoms with van der Waals surface area (Å²) in [5.41, 5.74) is 2.85. The topological polar surface area (TPSA) is 74.0 Å². The van der Waals surface area contributed by atoms with Crippen LogP contribution in [0.5, 0.6) is 0 Å². The highest BCUT2D eigenvalue weighted by atomic mass is 19.1. The molecule has 0 saturated carbocycles. The molecule has 0 radical (unpaired) electrons. The zero-order chi connectivity index (χ0) is 17.3. The van der Waals surface area contributed by atoms with Gasteiger partial charge in [-0.3, -0.25) is 9.59 Å². The molecule has 0 saturated heterocycles. The van der Waals surface area contributed by atoms with Gasteiger partial charge in [-0.1, -0.05) is 6.07 Å². The summed E-state index contributed by atoms with van der Waals surface area (Å²) in [6.07, 6.45) is 0. The molecule has 1 heterocycles. The number of benzene rings is 2. The van der Waals surface area contributed by atoms with Gasteiger partial charge in [0.1, 0.15) is 5.82 Å². The number of anilines is 2. The van der Waals surface area contributed by atoms with Crippen LogP contribution in [0, 0.1) is 12.7 Å². The van der Waals surface area contributed by atoms with Gasteiger partial charge < -0.3 is 15.6 Å². The molecular formula is C18H16FN3O2. The van der Waals surface area contributed by atoms with Gasteiger partial charge in [-0.15, -0.1) is 0 Å². The monoisotopic (exact) mass is 325 g/mol. The lowest BCUT2D eigenvalue weighted by Crippen LogP contribution is -2.13. The van der Waals surface area contributed by atoms with E-state index in [4.69, 9.17) is 0 Å². The van der Waals surface area contributed by atoms with Crippen LogP contribution >= 0.6 is 0 Å². The summed E-state index contributed by atoms with van der Waals surface area (Å²) in [6.45, 7) is 3.18. The van der Waals surface area contributed by atoms with Gasteiger partial charge in [0.25, 0.3) is 5.91 Å². The number of aromatic nitrogens is 1. The molecule has 0 aliphatic carbocycles. The predicted molar refractivity (Wildman–Crippen MR) is 91.7 cm³/mol. The van der Waals surface area contributed by atoms with Gasteiger partial charge in [0.2, 0.25) is 5.91 Å². The molecule has 1 aromatic heterocycles. The lowest BCUT2D eigenvalue weighted by atomic mass is 10.1. The quantitative estimate of drug-likeness (QED) is 0.685. The van der Waals surface area contributed by atoms with E-state index in [0.717, 1.165) is 0 Å². The molecule has 2 amide bonds. The minimum Gasteiger partial charge on any atom is -0.358 e. The van der Waals surface area contributed by atoms with E-state index in [0.29, 0.717) is 33.5 Å².